The third kappa shape index (κ3) is 4.97. The molecule has 0 saturated carbocycles. The highest BCUT2D eigenvalue weighted by Crippen LogP contribution is 2.13. The molecule has 0 aromatic rings. The smallest absolute Gasteiger partial charge is 0.273 e. The fourth-order valence-corrected chi connectivity index (χ4v) is 1.89. The second-order valence-electron chi connectivity index (χ2n) is 3.27. The number of hydrogen-bond donors (Lipinski definition) is 0. The molecule has 1 atom stereocenters. The molecule has 0 N–H and O–H groups in total. The standard InChI is InChI=1S/C9H16Br2N2O2/c1-4-5-6-7(10)8(14)12(2)9(15)13(3)11/h7H,4-6H2,1-3H3. The number of carbonyl (C=O) groups excluding carboxylic acids is 2. The summed E-state index contributed by atoms with van der Waals surface area (Å²) in [6.45, 7) is 2.06. The molecule has 0 spiro atoms. The molecule has 4 nitrogen and oxygen atoms in total. The lowest BCUT2D eigenvalue weighted by Gasteiger charge is -2.21. The number of urea groups is 1. The number of carbonyl (C=O) groups is 2. The summed E-state index contributed by atoms with van der Waals surface area (Å²) >= 11 is 6.27. The van der Waals surface area contributed by atoms with Crippen molar-refractivity contribution in [1.82, 2.24) is 8.83 Å². The van der Waals surface area contributed by atoms with Crippen LogP contribution in [-0.2, 0) is 4.79 Å². The van der Waals surface area contributed by atoms with Crippen LogP contribution >= 0.6 is 32.1 Å². The predicted octanol–water partition coefficient (Wildman–Crippen LogP) is 2.76. The minimum absolute atomic E-state index is 0.209. The van der Waals surface area contributed by atoms with E-state index < -0.39 is 0 Å². The van der Waals surface area contributed by atoms with E-state index in [0.29, 0.717) is 0 Å². The van der Waals surface area contributed by atoms with Gasteiger partial charge in [0.05, 0.1) is 21.0 Å². The highest BCUT2D eigenvalue weighted by molar-refractivity contribution is 9.10. The van der Waals surface area contributed by atoms with Gasteiger partial charge in [-0.3, -0.25) is 13.6 Å². The van der Waals surface area contributed by atoms with Crippen LogP contribution in [0, 0.1) is 0 Å². The van der Waals surface area contributed by atoms with E-state index in [1.54, 1.807) is 7.05 Å². The molecule has 0 radical (unpaired) electrons. The van der Waals surface area contributed by atoms with Crippen molar-refractivity contribution in [2.24, 2.45) is 0 Å². The number of rotatable bonds is 4. The first-order valence-corrected chi connectivity index (χ1v) is 6.39. The lowest BCUT2D eigenvalue weighted by atomic mass is 10.2. The molecule has 6 heteroatoms. The van der Waals surface area contributed by atoms with Crippen LogP contribution in [0.1, 0.15) is 26.2 Å². The molecule has 3 amide bonds. The molecule has 0 bridgehead atoms. The quantitative estimate of drug-likeness (QED) is 0.581. The zero-order chi connectivity index (χ0) is 12.0. The Morgan fingerprint density at radius 3 is 2.27 bits per heavy atom. The van der Waals surface area contributed by atoms with Gasteiger partial charge in [0, 0.05) is 14.1 Å². The third-order valence-corrected chi connectivity index (χ3v) is 3.11. The molecule has 15 heavy (non-hydrogen) atoms. The SMILES string of the molecule is CCCCC(Br)C(=O)N(C)C(=O)N(C)Br. The highest BCUT2D eigenvalue weighted by Gasteiger charge is 2.24. The van der Waals surface area contributed by atoms with Crippen molar-refractivity contribution in [1.29, 1.82) is 0 Å². The van der Waals surface area contributed by atoms with Crippen LogP contribution in [0.25, 0.3) is 0 Å². The van der Waals surface area contributed by atoms with Gasteiger partial charge >= 0.3 is 6.03 Å². The molecule has 0 heterocycles. The Labute approximate surface area is 107 Å². The first-order valence-electron chi connectivity index (χ1n) is 4.76. The summed E-state index contributed by atoms with van der Waals surface area (Å²) in [5.74, 6) is -0.209. The van der Waals surface area contributed by atoms with Crippen molar-refractivity contribution in [3.05, 3.63) is 0 Å². The molecule has 0 rings (SSSR count). The molecule has 0 saturated heterocycles. The normalized spacial score (nSPS) is 12.1. The second kappa shape index (κ2) is 7.22. The van der Waals surface area contributed by atoms with Crippen LogP contribution in [0.4, 0.5) is 4.79 Å². The van der Waals surface area contributed by atoms with Gasteiger partial charge in [0.15, 0.2) is 0 Å². The number of amides is 3. The van der Waals surface area contributed by atoms with Gasteiger partial charge in [-0.05, 0) is 6.42 Å². The van der Waals surface area contributed by atoms with Crippen molar-refractivity contribution < 1.29 is 9.59 Å². The van der Waals surface area contributed by atoms with Gasteiger partial charge in [-0.25, -0.2) is 4.79 Å². The summed E-state index contributed by atoms with van der Waals surface area (Å²) in [4.78, 5) is 24.0. The maximum Gasteiger partial charge on any atom is 0.336 e. The molecule has 0 aromatic carbocycles. The average Bonchev–Trinajstić information content (AvgIpc) is 2.22. The molecule has 0 aromatic heterocycles. The van der Waals surface area contributed by atoms with Crippen molar-refractivity contribution >= 4 is 44.0 Å². The van der Waals surface area contributed by atoms with E-state index >= 15 is 0 Å². The third-order valence-electron chi connectivity index (χ3n) is 1.96. The van der Waals surface area contributed by atoms with E-state index in [2.05, 4.69) is 39.0 Å². The van der Waals surface area contributed by atoms with Gasteiger partial charge in [-0.15, -0.1) is 0 Å². The molecule has 0 aliphatic carbocycles. The minimum atomic E-state index is -0.374. The predicted molar refractivity (Wildman–Crippen MR) is 67.1 cm³/mol. The minimum Gasteiger partial charge on any atom is -0.273 e. The molecule has 88 valence electrons. The Hall–Kier alpha value is -0.100. The molecular weight excluding hydrogens is 328 g/mol. The van der Waals surface area contributed by atoms with Crippen molar-refractivity contribution in [3.63, 3.8) is 0 Å². The fourth-order valence-electron chi connectivity index (χ4n) is 1.02. The van der Waals surface area contributed by atoms with Crippen LogP contribution in [-0.4, -0.2) is 39.7 Å². The fraction of sp³-hybridized carbons (Fsp3) is 0.778. The second-order valence-corrected chi connectivity index (χ2v) is 5.44. The summed E-state index contributed by atoms with van der Waals surface area (Å²) in [7, 11) is 3.02. The van der Waals surface area contributed by atoms with Gasteiger partial charge in [0.25, 0.3) is 0 Å². The zero-order valence-corrected chi connectivity index (χ0v) is 12.3. The Kier molecular flexibility index (Phi) is 7.17. The summed E-state index contributed by atoms with van der Waals surface area (Å²) in [5, 5.41) is 0. The summed E-state index contributed by atoms with van der Waals surface area (Å²) in [6, 6.07) is -0.374. The maximum atomic E-state index is 11.7. The molecule has 0 aliphatic rings. The van der Waals surface area contributed by atoms with E-state index in [0.717, 1.165) is 24.2 Å². The molecular formula is C9H16Br2N2O2. The number of nitrogens with zero attached hydrogens (tertiary/aromatic N) is 2. The Morgan fingerprint density at radius 2 is 1.87 bits per heavy atom. The summed E-state index contributed by atoms with van der Waals surface area (Å²) in [6.07, 6.45) is 2.75. The number of halogens is 2. The Bertz CT molecular complexity index is 234. The molecule has 1 unspecified atom stereocenters. The molecule has 0 aliphatic heterocycles. The van der Waals surface area contributed by atoms with Crippen LogP contribution in [0.2, 0.25) is 0 Å². The van der Waals surface area contributed by atoms with E-state index in [1.807, 2.05) is 0 Å². The number of unbranched alkanes of at least 4 members (excludes halogenated alkanes) is 1. The number of alkyl halides is 1. The first kappa shape index (κ1) is 14.9. The van der Waals surface area contributed by atoms with Crippen molar-refractivity contribution in [2.45, 2.75) is 31.0 Å². The van der Waals surface area contributed by atoms with Gasteiger partial charge in [0.1, 0.15) is 0 Å². The van der Waals surface area contributed by atoms with Gasteiger partial charge in [-0.1, -0.05) is 35.7 Å². The van der Waals surface area contributed by atoms with Crippen LogP contribution in [0.5, 0.6) is 0 Å². The van der Waals surface area contributed by atoms with E-state index in [-0.39, 0.29) is 16.8 Å². The lowest BCUT2D eigenvalue weighted by molar-refractivity contribution is -0.126. The van der Waals surface area contributed by atoms with Crippen LogP contribution < -0.4 is 0 Å². The van der Waals surface area contributed by atoms with Gasteiger partial charge in [0.2, 0.25) is 5.91 Å². The van der Waals surface area contributed by atoms with Crippen LogP contribution in [0.3, 0.4) is 0 Å². The number of imide groups is 1. The Morgan fingerprint density at radius 1 is 1.33 bits per heavy atom. The highest BCUT2D eigenvalue weighted by atomic mass is 79.9. The Balaban J connectivity index is 4.24. The zero-order valence-electron chi connectivity index (χ0n) is 9.17. The van der Waals surface area contributed by atoms with Crippen molar-refractivity contribution in [3.8, 4) is 0 Å². The summed E-state index contributed by atoms with van der Waals surface area (Å²) < 4.78 is 1.20. The van der Waals surface area contributed by atoms with E-state index in [9.17, 15) is 9.59 Å². The lowest BCUT2D eigenvalue weighted by Crippen LogP contribution is -2.41. The monoisotopic (exact) mass is 342 g/mol. The number of hydrogen-bond acceptors (Lipinski definition) is 2. The van der Waals surface area contributed by atoms with E-state index in [4.69, 9.17) is 0 Å². The van der Waals surface area contributed by atoms with Gasteiger partial charge < -0.3 is 0 Å². The van der Waals surface area contributed by atoms with E-state index in [1.165, 1.54) is 11.0 Å². The molecule has 0 fully saturated rings. The summed E-state index contributed by atoms with van der Waals surface area (Å²) in [5.41, 5.74) is 0. The first-order chi connectivity index (χ1) is 6.91. The van der Waals surface area contributed by atoms with Gasteiger partial charge in [-0.2, -0.15) is 0 Å². The largest absolute Gasteiger partial charge is 0.336 e. The average molecular weight is 344 g/mol. The maximum absolute atomic E-state index is 11.7. The topological polar surface area (TPSA) is 40.6 Å². The van der Waals surface area contributed by atoms with Crippen molar-refractivity contribution in [2.75, 3.05) is 14.1 Å². The van der Waals surface area contributed by atoms with Crippen LogP contribution in [0.15, 0.2) is 0 Å².